The molecular formula is C14H19N3O4. The zero-order valence-corrected chi connectivity index (χ0v) is 12.4. The van der Waals surface area contributed by atoms with Crippen LogP contribution < -0.4 is 10.1 Å². The van der Waals surface area contributed by atoms with Gasteiger partial charge in [0.25, 0.3) is 11.8 Å². The maximum Gasteiger partial charge on any atom is 0.255 e. The summed E-state index contributed by atoms with van der Waals surface area (Å²) in [5.74, 6) is 0.0279. The van der Waals surface area contributed by atoms with Crippen molar-refractivity contribution in [1.82, 2.24) is 15.2 Å². The van der Waals surface area contributed by atoms with Crippen LogP contribution in [0, 0.1) is 0 Å². The van der Waals surface area contributed by atoms with Crippen LogP contribution in [0.1, 0.15) is 17.3 Å². The SMILES string of the molecule is CNC(=O)[C@@]1(C)CN(C(=O)c2ccc(OC)nc2)CCO1. The molecule has 1 aliphatic heterocycles. The van der Waals surface area contributed by atoms with Crippen LogP contribution in [0.15, 0.2) is 18.3 Å². The van der Waals surface area contributed by atoms with E-state index in [0.29, 0.717) is 24.6 Å². The monoisotopic (exact) mass is 293 g/mol. The van der Waals surface area contributed by atoms with E-state index in [9.17, 15) is 9.59 Å². The summed E-state index contributed by atoms with van der Waals surface area (Å²) in [6.45, 7) is 2.64. The third-order valence-corrected chi connectivity index (χ3v) is 3.46. The number of aromatic nitrogens is 1. The second-order valence-corrected chi connectivity index (χ2v) is 4.97. The summed E-state index contributed by atoms with van der Waals surface area (Å²) >= 11 is 0. The first-order valence-electron chi connectivity index (χ1n) is 6.65. The molecule has 1 aromatic heterocycles. The fraction of sp³-hybridized carbons (Fsp3) is 0.500. The standard InChI is InChI=1S/C14H19N3O4/c1-14(13(19)15-2)9-17(6-7-21-14)12(18)10-4-5-11(20-3)16-8-10/h4-5,8H,6-7,9H2,1-3H3,(H,15,19)/t14-/m1/s1. The van der Waals surface area contributed by atoms with E-state index in [4.69, 9.17) is 9.47 Å². The first kappa shape index (κ1) is 15.2. The lowest BCUT2D eigenvalue weighted by Gasteiger charge is -2.39. The average molecular weight is 293 g/mol. The third-order valence-electron chi connectivity index (χ3n) is 3.46. The van der Waals surface area contributed by atoms with Crippen molar-refractivity contribution in [3.63, 3.8) is 0 Å². The first-order valence-corrected chi connectivity index (χ1v) is 6.65. The molecule has 1 N–H and O–H groups in total. The summed E-state index contributed by atoms with van der Waals surface area (Å²) in [6.07, 6.45) is 1.47. The van der Waals surface area contributed by atoms with E-state index in [1.165, 1.54) is 13.3 Å². The van der Waals surface area contributed by atoms with Gasteiger partial charge < -0.3 is 19.7 Å². The molecule has 0 aliphatic carbocycles. The first-order chi connectivity index (χ1) is 10.00. The molecule has 1 saturated heterocycles. The predicted octanol–water partition coefficient (Wildman–Crippen LogP) is 0.0673. The number of carbonyl (C=O) groups excluding carboxylic acids is 2. The Balaban J connectivity index is 2.13. The van der Waals surface area contributed by atoms with Gasteiger partial charge in [-0.05, 0) is 13.0 Å². The van der Waals surface area contributed by atoms with Gasteiger partial charge in [-0.1, -0.05) is 0 Å². The summed E-state index contributed by atoms with van der Waals surface area (Å²) in [5, 5.41) is 2.56. The number of ether oxygens (including phenoxy) is 2. The minimum absolute atomic E-state index is 0.177. The van der Waals surface area contributed by atoms with Crippen molar-refractivity contribution >= 4 is 11.8 Å². The number of methoxy groups -OCH3 is 1. The van der Waals surface area contributed by atoms with Crippen LogP contribution in [0.2, 0.25) is 0 Å². The molecule has 0 radical (unpaired) electrons. The van der Waals surface area contributed by atoms with Crippen molar-refractivity contribution in [3.05, 3.63) is 23.9 Å². The van der Waals surface area contributed by atoms with Crippen molar-refractivity contribution in [3.8, 4) is 5.88 Å². The highest BCUT2D eigenvalue weighted by Gasteiger charge is 2.40. The van der Waals surface area contributed by atoms with Gasteiger partial charge in [0, 0.05) is 25.9 Å². The Bertz CT molecular complexity index is 532. The van der Waals surface area contributed by atoms with Crippen LogP contribution in [0.3, 0.4) is 0 Å². The summed E-state index contributed by atoms with van der Waals surface area (Å²) < 4.78 is 10.5. The normalized spacial score (nSPS) is 21.8. The lowest BCUT2D eigenvalue weighted by atomic mass is 10.0. The molecule has 0 unspecified atom stereocenters. The molecule has 0 bridgehead atoms. The Labute approximate surface area is 123 Å². The van der Waals surface area contributed by atoms with Crippen LogP contribution in [-0.4, -0.2) is 61.2 Å². The Morgan fingerprint density at radius 3 is 2.81 bits per heavy atom. The molecule has 0 saturated carbocycles. The van der Waals surface area contributed by atoms with Crippen LogP contribution in [0.5, 0.6) is 5.88 Å². The summed E-state index contributed by atoms with van der Waals surface area (Å²) in [6, 6.07) is 3.28. The van der Waals surface area contributed by atoms with E-state index in [1.807, 2.05) is 0 Å². The van der Waals surface area contributed by atoms with Crippen molar-refractivity contribution in [2.75, 3.05) is 33.9 Å². The number of hydrogen-bond acceptors (Lipinski definition) is 5. The summed E-state index contributed by atoms with van der Waals surface area (Å²) in [4.78, 5) is 29.9. The number of amides is 2. The van der Waals surface area contributed by atoms with Crippen LogP contribution >= 0.6 is 0 Å². The number of carbonyl (C=O) groups is 2. The molecular weight excluding hydrogens is 274 g/mol. The fourth-order valence-corrected chi connectivity index (χ4v) is 2.26. The molecule has 2 amide bonds. The molecule has 7 nitrogen and oxygen atoms in total. The van der Waals surface area contributed by atoms with E-state index in [0.717, 1.165) is 0 Å². The van der Waals surface area contributed by atoms with Crippen LogP contribution in [0.25, 0.3) is 0 Å². The lowest BCUT2D eigenvalue weighted by molar-refractivity contribution is -0.153. The summed E-state index contributed by atoms with van der Waals surface area (Å²) in [7, 11) is 3.06. The molecule has 2 heterocycles. The van der Waals surface area contributed by atoms with Crippen LogP contribution in [0.4, 0.5) is 0 Å². The largest absolute Gasteiger partial charge is 0.481 e. The molecule has 1 aromatic rings. The number of hydrogen-bond donors (Lipinski definition) is 1. The minimum Gasteiger partial charge on any atom is -0.481 e. The number of nitrogens with one attached hydrogen (secondary N) is 1. The van der Waals surface area contributed by atoms with Crippen molar-refractivity contribution < 1.29 is 19.1 Å². The molecule has 114 valence electrons. The highest BCUT2D eigenvalue weighted by Crippen LogP contribution is 2.20. The fourth-order valence-electron chi connectivity index (χ4n) is 2.26. The molecule has 1 aliphatic rings. The third kappa shape index (κ3) is 3.13. The smallest absolute Gasteiger partial charge is 0.255 e. The van der Waals surface area contributed by atoms with E-state index >= 15 is 0 Å². The maximum atomic E-state index is 12.5. The van der Waals surface area contributed by atoms with E-state index in [1.54, 1.807) is 31.0 Å². The maximum absolute atomic E-state index is 12.5. The van der Waals surface area contributed by atoms with E-state index < -0.39 is 5.60 Å². The number of rotatable bonds is 3. The van der Waals surface area contributed by atoms with Gasteiger partial charge in [-0.15, -0.1) is 0 Å². The second-order valence-electron chi connectivity index (χ2n) is 4.97. The van der Waals surface area contributed by atoms with Crippen molar-refractivity contribution in [1.29, 1.82) is 0 Å². The average Bonchev–Trinajstić information content (AvgIpc) is 2.53. The van der Waals surface area contributed by atoms with Gasteiger partial charge in [-0.2, -0.15) is 0 Å². The number of morpholine rings is 1. The molecule has 1 atom stereocenters. The van der Waals surface area contributed by atoms with Crippen LogP contribution in [-0.2, 0) is 9.53 Å². The van der Waals surface area contributed by atoms with E-state index in [-0.39, 0.29) is 18.4 Å². The molecule has 0 aromatic carbocycles. The Morgan fingerprint density at radius 1 is 1.48 bits per heavy atom. The Kier molecular flexibility index (Phi) is 4.42. The highest BCUT2D eigenvalue weighted by molar-refractivity contribution is 5.95. The summed E-state index contributed by atoms with van der Waals surface area (Å²) in [5.41, 5.74) is -0.570. The van der Waals surface area contributed by atoms with Gasteiger partial charge in [-0.25, -0.2) is 4.98 Å². The minimum atomic E-state index is -1.03. The Morgan fingerprint density at radius 2 is 2.24 bits per heavy atom. The Hall–Kier alpha value is -2.15. The topological polar surface area (TPSA) is 80.8 Å². The van der Waals surface area contributed by atoms with Crippen molar-refractivity contribution in [2.45, 2.75) is 12.5 Å². The van der Waals surface area contributed by atoms with Gasteiger partial charge in [0.15, 0.2) is 5.60 Å². The second kappa shape index (κ2) is 6.09. The van der Waals surface area contributed by atoms with Gasteiger partial charge >= 0.3 is 0 Å². The van der Waals surface area contributed by atoms with Gasteiger partial charge in [0.2, 0.25) is 5.88 Å². The number of likely N-dealkylation sites (N-methyl/N-ethyl adjacent to an activating group) is 1. The zero-order chi connectivity index (χ0) is 15.5. The highest BCUT2D eigenvalue weighted by atomic mass is 16.5. The molecule has 1 fully saturated rings. The predicted molar refractivity (Wildman–Crippen MR) is 75.1 cm³/mol. The molecule has 7 heteroatoms. The quantitative estimate of drug-likeness (QED) is 0.853. The molecule has 2 rings (SSSR count). The number of nitrogens with zero attached hydrogens (tertiary/aromatic N) is 2. The van der Waals surface area contributed by atoms with Gasteiger partial charge in [-0.3, -0.25) is 9.59 Å². The number of pyridine rings is 1. The molecule has 21 heavy (non-hydrogen) atoms. The van der Waals surface area contributed by atoms with E-state index in [2.05, 4.69) is 10.3 Å². The lowest BCUT2D eigenvalue weighted by Crippen LogP contribution is -2.58. The zero-order valence-electron chi connectivity index (χ0n) is 12.4. The van der Waals surface area contributed by atoms with Gasteiger partial charge in [0.05, 0.1) is 25.8 Å². The van der Waals surface area contributed by atoms with Gasteiger partial charge in [0.1, 0.15) is 0 Å². The molecule has 0 spiro atoms. The van der Waals surface area contributed by atoms with Crippen molar-refractivity contribution in [2.24, 2.45) is 0 Å².